The number of Topliss-reactive ketones (excluding diaryl/α,β-unsaturated/α-hetero) is 1. The van der Waals surface area contributed by atoms with E-state index in [9.17, 15) is 9.59 Å². The molecule has 0 amide bonds. The minimum atomic E-state index is -0.449. The Balaban J connectivity index is 1.96. The number of hydrogen-bond donors (Lipinski definition) is 0. The number of ether oxygens (including phenoxy) is 5. The van der Waals surface area contributed by atoms with Crippen LogP contribution in [0.25, 0.3) is 0 Å². The van der Waals surface area contributed by atoms with Gasteiger partial charge >= 0.3 is 5.97 Å². The maximum atomic E-state index is 12.8. The molecule has 0 radical (unpaired) electrons. The Morgan fingerprint density at radius 3 is 2.23 bits per heavy atom. The SMILES string of the molecule is COc1cc(OC)c([C@@H]2CC(=O)Oc3ccc4c(c32)OC(=C(C)C)C4=O)cc1OC. The molecule has 30 heavy (non-hydrogen) atoms. The fourth-order valence-electron chi connectivity index (χ4n) is 3.91. The number of rotatable bonds is 4. The van der Waals surface area contributed by atoms with Crippen LogP contribution in [-0.4, -0.2) is 33.1 Å². The second-order valence-electron chi connectivity index (χ2n) is 7.29. The van der Waals surface area contributed by atoms with Crippen molar-refractivity contribution in [2.75, 3.05) is 21.3 Å². The van der Waals surface area contributed by atoms with Gasteiger partial charge in [0.1, 0.15) is 17.2 Å². The highest BCUT2D eigenvalue weighted by Gasteiger charge is 2.40. The molecule has 0 saturated carbocycles. The zero-order valence-electron chi connectivity index (χ0n) is 17.5. The smallest absolute Gasteiger partial charge is 0.312 e. The molecule has 2 aliphatic heterocycles. The Hall–Kier alpha value is -3.48. The lowest BCUT2D eigenvalue weighted by atomic mass is 9.84. The normalized spacial score (nSPS) is 17.0. The summed E-state index contributed by atoms with van der Waals surface area (Å²) in [4.78, 5) is 25.2. The minimum Gasteiger partial charge on any atom is -0.496 e. The van der Waals surface area contributed by atoms with Gasteiger partial charge in [-0.15, -0.1) is 0 Å². The molecule has 0 bridgehead atoms. The highest BCUT2D eigenvalue weighted by molar-refractivity contribution is 6.13. The van der Waals surface area contributed by atoms with E-state index in [0.29, 0.717) is 51.2 Å². The van der Waals surface area contributed by atoms with Crippen molar-refractivity contribution in [3.8, 4) is 28.7 Å². The zero-order chi connectivity index (χ0) is 21.6. The monoisotopic (exact) mass is 410 g/mol. The first kappa shape index (κ1) is 19.8. The van der Waals surface area contributed by atoms with Crippen molar-refractivity contribution in [2.24, 2.45) is 0 Å². The second kappa shape index (κ2) is 7.40. The standard InChI is InChI=1S/C23H22O7/c1-11(2)22-21(25)12-6-7-15-20(23(12)30-22)14(9-19(24)29-15)13-8-17(27-4)18(28-5)10-16(13)26-3/h6-8,10,14H,9H2,1-5H3/t14-/m0/s1. The Kier molecular flexibility index (Phi) is 4.89. The van der Waals surface area contributed by atoms with Crippen LogP contribution < -0.4 is 23.7 Å². The lowest BCUT2D eigenvalue weighted by Gasteiger charge is -2.28. The summed E-state index contributed by atoms with van der Waals surface area (Å²) in [5, 5.41) is 0. The molecule has 0 saturated heterocycles. The molecule has 2 aromatic carbocycles. The van der Waals surface area contributed by atoms with Crippen LogP contribution in [0.4, 0.5) is 0 Å². The topological polar surface area (TPSA) is 80.3 Å². The van der Waals surface area contributed by atoms with Crippen LogP contribution in [0, 0.1) is 0 Å². The van der Waals surface area contributed by atoms with Crippen molar-refractivity contribution in [2.45, 2.75) is 26.2 Å². The van der Waals surface area contributed by atoms with Gasteiger partial charge in [0.05, 0.1) is 33.3 Å². The van der Waals surface area contributed by atoms with Crippen molar-refractivity contribution in [1.29, 1.82) is 0 Å². The third-order valence-corrected chi connectivity index (χ3v) is 5.32. The first-order valence-electron chi connectivity index (χ1n) is 9.47. The number of carbonyl (C=O) groups excluding carboxylic acids is 2. The first-order valence-corrected chi connectivity index (χ1v) is 9.47. The molecule has 0 spiro atoms. The summed E-state index contributed by atoms with van der Waals surface area (Å²) >= 11 is 0. The van der Waals surface area contributed by atoms with Gasteiger partial charge in [-0.05, 0) is 37.6 Å². The van der Waals surface area contributed by atoms with Gasteiger partial charge in [0.2, 0.25) is 5.78 Å². The van der Waals surface area contributed by atoms with Gasteiger partial charge in [0.25, 0.3) is 0 Å². The number of hydrogen-bond acceptors (Lipinski definition) is 7. The molecule has 0 fully saturated rings. The maximum absolute atomic E-state index is 12.8. The van der Waals surface area contributed by atoms with Crippen molar-refractivity contribution >= 4 is 11.8 Å². The Morgan fingerprint density at radius 1 is 0.933 bits per heavy atom. The molecule has 4 rings (SSSR count). The molecule has 0 aromatic heterocycles. The molecule has 7 nitrogen and oxygen atoms in total. The van der Waals surface area contributed by atoms with Crippen molar-refractivity contribution in [1.82, 2.24) is 0 Å². The number of fused-ring (bicyclic) bond motifs is 3. The van der Waals surface area contributed by atoms with E-state index >= 15 is 0 Å². The summed E-state index contributed by atoms with van der Waals surface area (Å²) < 4.78 is 27.9. The van der Waals surface area contributed by atoms with Gasteiger partial charge in [-0.1, -0.05) is 0 Å². The fourth-order valence-corrected chi connectivity index (χ4v) is 3.91. The average Bonchev–Trinajstić information content (AvgIpc) is 3.08. The summed E-state index contributed by atoms with van der Waals surface area (Å²) in [6.45, 7) is 3.64. The third kappa shape index (κ3) is 2.98. The van der Waals surface area contributed by atoms with Gasteiger partial charge in [-0.25, -0.2) is 0 Å². The van der Waals surface area contributed by atoms with E-state index in [1.807, 2.05) is 13.8 Å². The fraction of sp³-hybridized carbons (Fsp3) is 0.304. The molecule has 0 unspecified atom stereocenters. The van der Waals surface area contributed by atoms with Gasteiger partial charge in [-0.2, -0.15) is 0 Å². The summed E-state index contributed by atoms with van der Waals surface area (Å²) in [5.41, 5.74) is 2.58. The van der Waals surface area contributed by atoms with Crippen molar-refractivity contribution < 1.29 is 33.3 Å². The van der Waals surface area contributed by atoms with Gasteiger partial charge < -0.3 is 23.7 Å². The second-order valence-corrected chi connectivity index (χ2v) is 7.29. The first-order chi connectivity index (χ1) is 14.4. The largest absolute Gasteiger partial charge is 0.496 e. The molecular weight excluding hydrogens is 388 g/mol. The quantitative estimate of drug-likeness (QED) is 0.428. The number of carbonyl (C=O) groups is 2. The van der Waals surface area contributed by atoms with Crippen LogP contribution in [0.2, 0.25) is 0 Å². The van der Waals surface area contributed by atoms with Crippen LogP contribution >= 0.6 is 0 Å². The van der Waals surface area contributed by atoms with Crippen LogP contribution in [-0.2, 0) is 4.79 Å². The van der Waals surface area contributed by atoms with Crippen molar-refractivity contribution in [3.63, 3.8) is 0 Å². The van der Waals surface area contributed by atoms with Gasteiger partial charge in [-0.3, -0.25) is 9.59 Å². The lowest BCUT2D eigenvalue weighted by molar-refractivity contribution is -0.135. The summed E-state index contributed by atoms with van der Waals surface area (Å²) in [6.07, 6.45) is 0.0665. The van der Waals surface area contributed by atoms with E-state index in [-0.39, 0.29) is 18.2 Å². The van der Waals surface area contributed by atoms with Crippen LogP contribution in [0.1, 0.15) is 47.7 Å². The van der Waals surface area contributed by atoms with Crippen molar-refractivity contribution in [3.05, 3.63) is 52.3 Å². The van der Waals surface area contributed by atoms with E-state index in [2.05, 4.69) is 0 Å². The predicted octanol–water partition coefficient (Wildman–Crippen LogP) is 4.02. The molecule has 2 heterocycles. The van der Waals surface area contributed by atoms with E-state index < -0.39 is 5.92 Å². The number of esters is 1. The highest BCUT2D eigenvalue weighted by atomic mass is 16.5. The Labute approximate surface area is 174 Å². The summed E-state index contributed by atoms with van der Waals surface area (Å²) in [7, 11) is 4.62. The Bertz CT molecular complexity index is 1090. The third-order valence-electron chi connectivity index (χ3n) is 5.32. The number of benzene rings is 2. The van der Waals surface area contributed by atoms with Crippen LogP contribution in [0.5, 0.6) is 28.7 Å². The van der Waals surface area contributed by atoms with E-state index in [1.165, 1.54) is 14.2 Å². The van der Waals surface area contributed by atoms with Crippen LogP contribution in [0.15, 0.2) is 35.6 Å². The Morgan fingerprint density at radius 2 is 1.60 bits per heavy atom. The van der Waals surface area contributed by atoms with E-state index in [0.717, 1.165) is 5.57 Å². The summed E-state index contributed by atoms with van der Waals surface area (Å²) in [5.74, 6) is 1.62. The number of allylic oxidation sites excluding steroid dienone is 2. The zero-order valence-corrected chi connectivity index (χ0v) is 17.5. The average molecular weight is 410 g/mol. The number of methoxy groups -OCH3 is 3. The summed E-state index contributed by atoms with van der Waals surface area (Å²) in [6, 6.07) is 6.77. The molecular formula is C23H22O7. The molecule has 2 aliphatic rings. The van der Waals surface area contributed by atoms with E-state index in [1.54, 1.807) is 31.4 Å². The number of ketones is 1. The highest BCUT2D eigenvalue weighted by Crippen LogP contribution is 2.51. The van der Waals surface area contributed by atoms with Gasteiger partial charge in [0, 0.05) is 23.1 Å². The van der Waals surface area contributed by atoms with Crippen LogP contribution in [0.3, 0.4) is 0 Å². The molecule has 0 aliphatic carbocycles. The lowest BCUT2D eigenvalue weighted by Crippen LogP contribution is -2.22. The maximum Gasteiger partial charge on any atom is 0.312 e. The molecule has 1 atom stereocenters. The molecule has 156 valence electrons. The predicted molar refractivity (Wildman–Crippen MR) is 108 cm³/mol. The van der Waals surface area contributed by atoms with Gasteiger partial charge in [0.15, 0.2) is 17.3 Å². The van der Waals surface area contributed by atoms with E-state index in [4.69, 9.17) is 23.7 Å². The molecule has 2 aromatic rings. The molecule has 7 heteroatoms. The minimum absolute atomic E-state index is 0.0665. The molecule has 0 N–H and O–H groups in total.